The van der Waals surface area contributed by atoms with Crippen molar-refractivity contribution in [1.82, 2.24) is 14.1 Å². The normalized spacial score (nSPS) is 15.2. The van der Waals surface area contributed by atoms with Crippen LogP contribution in [0.1, 0.15) is 19.3 Å². The van der Waals surface area contributed by atoms with Crippen LogP contribution in [0.4, 0.5) is 5.69 Å². The number of para-hydroxylation sites is 1. The summed E-state index contributed by atoms with van der Waals surface area (Å²) in [6, 6.07) is 11.0. The molecule has 154 valence electrons. The Balaban J connectivity index is 1.68. The Labute approximate surface area is 175 Å². The fourth-order valence-corrected chi connectivity index (χ4v) is 5.02. The van der Waals surface area contributed by atoms with E-state index in [1.807, 2.05) is 29.2 Å². The van der Waals surface area contributed by atoms with E-state index in [9.17, 15) is 13.2 Å². The van der Waals surface area contributed by atoms with E-state index in [1.54, 1.807) is 18.3 Å². The molecule has 1 aromatic carbocycles. The fourth-order valence-electron chi connectivity index (χ4n) is 3.22. The van der Waals surface area contributed by atoms with Crippen molar-refractivity contribution in [3.8, 4) is 11.8 Å². The molecule has 1 fully saturated rings. The van der Waals surface area contributed by atoms with Crippen LogP contribution in [0.3, 0.4) is 0 Å². The molecule has 0 aliphatic carbocycles. The molecule has 8 nitrogen and oxygen atoms in total. The summed E-state index contributed by atoms with van der Waals surface area (Å²) in [5, 5.41) is 12.8. The lowest BCUT2D eigenvalue weighted by molar-refractivity contribution is 0.384. The third-order valence-electron chi connectivity index (χ3n) is 4.81. The van der Waals surface area contributed by atoms with Gasteiger partial charge in [0.25, 0.3) is 5.56 Å². The molecular formula is C19H22ClN5O3S. The SMILES string of the molecule is N#CCCCCS(=O)(=O)N1CCN(c2cnn(-c3ccccc3)c(=O)c2Cl)CC1. The molecular weight excluding hydrogens is 414 g/mol. The molecule has 0 amide bonds. The summed E-state index contributed by atoms with van der Waals surface area (Å²) in [5.74, 6) is 0.0457. The largest absolute Gasteiger partial charge is 0.366 e. The van der Waals surface area contributed by atoms with Crippen LogP contribution in [-0.2, 0) is 10.0 Å². The summed E-state index contributed by atoms with van der Waals surface area (Å²) in [4.78, 5) is 14.5. The molecule has 0 atom stereocenters. The van der Waals surface area contributed by atoms with Crippen molar-refractivity contribution in [2.75, 3.05) is 36.8 Å². The van der Waals surface area contributed by atoms with Gasteiger partial charge in [-0.1, -0.05) is 29.8 Å². The highest BCUT2D eigenvalue weighted by Gasteiger charge is 2.28. The molecule has 0 spiro atoms. The number of hydrogen-bond acceptors (Lipinski definition) is 6. The number of aromatic nitrogens is 2. The van der Waals surface area contributed by atoms with Crippen LogP contribution in [-0.4, -0.2) is 54.4 Å². The standard InChI is InChI=1S/C19H22ClN5O3S/c20-18-17(15-22-25(19(18)26)16-7-3-1-4-8-16)23-10-12-24(13-11-23)29(27,28)14-6-2-5-9-21/h1,3-4,7-8,15H,2,5-6,10-14H2. The molecule has 10 heteroatoms. The first-order valence-corrected chi connectivity index (χ1v) is 11.4. The minimum Gasteiger partial charge on any atom is -0.366 e. The molecule has 29 heavy (non-hydrogen) atoms. The topological polar surface area (TPSA) is 99.3 Å². The van der Waals surface area contributed by atoms with Gasteiger partial charge in [-0.25, -0.2) is 8.42 Å². The molecule has 2 aromatic rings. The van der Waals surface area contributed by atoms with Gasteiger partial charge in [0.05, 0.1) is 29.4 Å². The Morgan fingerprint density at radius 1 is 1.10 bits per heavy atom. The minimum absolute atomic E-state index is 0.0457. The van der Waals surface area contributed by atoms with Crippen LogP contribution in [0.2, 0.25) is 5.02 Å². The molecule has 0 unspecified atom stereocenters. The minimum atomic E-state index is -3.35. The highest BCUT2D eigenvalue weighted by molar-refractivity contribution is 7.89. The summed E-state index contributed by atoms with van der Waals surface area (Å²) < 4.78 is 27.6. The summed E-state index contributed by atoms with van der Waals surface area (Å²) in [5.41, 5.74) is 0.719. The van der Waals surface area contributed by atoms with E-state index in [-0.39, 0.29) is 10.8 Å². The number of piperazine rings is 1. The quantitative estimate of drug-likeness (QED) is 0.617. The van der Waals surface area contributed by atoms with Crippen molar-refractivity contribution in [3.63, 3.8) is 0 Å². The van der Waals surface area contributed by atoms with Crippen molar-refractivity contribution in [2.24, 2.45) is 0 Å². The van der Waals surface area contributed by atoms with E-state index < -0.39 is 15.6 Å². The van der Waals surface area contributed by atoms with Gasteiger partial charge in [-0.15, -0.1) is 0 Å². The average Bonchev–Trinajstić information content (AvgIpc) is 2.74. The number of benzene rings is 1. The molecule has 0 saturated carbocycles. The Kier molecular flexibility index (Phi) is 6.90. The Morgan fingerprint density at radius 2 is 1.79 bits per heavy atom. The molecule has 3 rings (SSSR count). The van der Waals surface area contributed by atoms with E-state index in [4.69, 9.17) is 16.9 Å². The third-order valence-corrected chi connectivity index (χ3v) is 7.13. The van der Waals surface area contributed by atoms with Gasteiger partial charge in [0.1, 0.15) is 5.02 Å². The number of rotatable bonds is 7. The van der Waals surface area contributed by atoms with Gasteiger partial charge in [0.15, 0.2) is 0 Å². The molecule has 1 saturated heterocycles. The number of sulfonamides is 1. The Bertz CT molecular complexity index is 1040. The maximum atomic E-state index is 12.6. The van der Waals surface area contributed by atoms with Crippen molar-refractivity contribution < 1.29 is 8.42 Å². The van der Waals surface area contributed by atoms with Crippen LogP contribution in [0, 0.1) is 11.3 Å². The van der Waals surface area contributed by atoms with E-state index in [0.29, 0.717) is 56.8 Å². The van der Waals surface area contributed by atoms with E-state index in [1.165, 1.54) is 8.99 Å². The molecule has 1 aliphatic heterocycles. The van der Waals surface area contributed by atoms with Crippen molar-refractivity contribution in [1.29, 1.82) is 5.26 Å². The van der Waals surface area contributed by atoms with Gasteiger partial charge in [-0.3, -0.25) is 4.79 Å². The van der Waals surface area contributed by atoms with Gasteiger partial charge in [-0.2, -0.15) is 19.3 Å². The zero-order valence-corrected chi connectivity index (χ0v) is 17.4. The third kappa shape index (κ3) is 4.96. The lowest BCUT2D eigenvalue weighted by Crippen LogP contribution is -2.49. The number of nitriles is 1. The van der Waals surface area contributed by atoms with Gasteiger partial charge >= 0.3 is 0 Å². The fraction of sp³-hybridized carbons (Fsp3) is 0.421. The lowest BCUT2D eigenvalue weighted by atomic mass is 10.3. The molecule has 1 aromatic heterocycles. The molecule has 1 aliphatic rings. The van der Waals surface area contributed by atoms with Crippen LogP contribution in [0.15, 0.2) is 41.3 Å². The summed E-state index contributed by atoms with van der Waals surface area (Å²) >= 11 is 6.33. The first kappa shape index (κ1) is 21.3. The molecule has 0 N–H and O–H groups in total. The maximum Gasteiger partial charge on any atom is 0.292 e. The van der Waals surface area contributed by atoms with Crippen molar-refractivity contribution in [2.45, 2.75) is 19.3 Å². The molecule has 0 radical (unpaired) electrons. The monoisotopic (exact) mass is 435 g/mol. The number of hydrogen-bond donors (Lipinski definition) is 0. The van der Waals surface area contributed by atoms with E-state index in [2.05, 4.69) is 5.10 Å². The number of nitrogens with zero attached hydrogens (tertiary/aromatic N) is 5. The zero-order valence-electron chi connectivity index (χ0n) is 15.9. The lowest BCUT2D eigenvalue weighted by Gasteiger charge is -2.35. The van der Waals surface area contributed by atoms with E-state index >= 15 is 0 Å². The number of anilines is 1. The van der Waals surface area contributed by atoms with E-state index in [0.717, 1.165) is 0 Å². The summed E-state index contributed by atoms with van der Waals surface area (Å²) in [6.07, 6.45) is 2.96. The second kappa shape index (κ2) is 9.39. The summed E-state index contributed by atoms with van der Waals surface area (Å²) in [6.45, 7) is 1.48. The average molecular weight is 436 g/mol. The number of halogens is 1. The van der Waals surface area contributed by atoms with Gasteiger partial charge in [0, 0.05) is 32.6 Å². The van der Waals surface area contributed by atoms with Crippen LogP contribution in [0.25, 0.3) is 5.69 Å². The Morgan fingerprint density at radius 3 is 2.45 bits per heavy atom. The second-order valence-electron chi connectivity index (χ2n) is 6.71. The Hall–Kier alpha value is -2.41. The second-order valence-corrected chi connectivity index (χ2v) is 9.18. The van der Waals surface area contributed by atoms with Crippen molar-refractivity contribution >= 4 is 27.3 Å². The van der Waals surface area contributed by atoms with Gasteiger partial charge < -0.3 is 4.90 Å². The maximum absolute atomic E-state index is 12.6. The number of unbranched alkanes of at least 4 members (excludes halogenated alkanes) is 2. The van der Waals surface area contributed by atoms with Gasteiger partial charge in [-0.05, 0) is 25.0 Å². The highest BCUT2D eigenvalue weighted by Crippen LogP contribution is 2.24. The van der Waals surface area contributed by atoms with Crippen LogP contribution in [0.5, 0.6) is 0 Å². The predicted octanol–water partition coefficient (Wildman–Crippen LogP) is 2.03. The molecule has 0 bridgehead atoms. The zero-order chi connectivity index (χ0) is 20.9. The van der Waals surface area contributed by atoms with Crippen molar-refractivity contribution in [3.05, 3.63) is 51.9 Å². The smallest absolute Gasteiger partial charge is 0.292 e. The van der Waals surface area contributed by atoms with Gasteiger partial charge in [0.2, 0.25) is 10.0 Å². The van der Waals surface area contributed by atoms with Crippen LogP contribution < -0.4 is 10.5 Å². The highest BCUT2D eigenvalue weighted by atomic mass is 35.5. The first-order chi connectivity index (χ1) is 13.9. The summed E-state index contributed by atoms with van der Waals surface area (Å²) in [7, 11) is -3.35. The predicted molar refractivity (Wildman–Crippen MR) is 112 cm³/mol. The molecule has 2 heterocycles. The first-order valence-electron chi connectivity index (χ1n) is 9.37. The van der Waals surface area contributed by atoms with Crippen LogP contribution >= 0.6 is 11.6 Å².